The molecule has 8 heteroatoms. The smallest absolute Gasteiger partial charge is 0.311 e. The molecule has 120 valence electrons. The Morgan fingerprint density at radius 3 is 2.33 bits per heavy atom. The molecule has 21 heavy (non-hydrogen) atoms. The molecular formula is C13H22N2O5S. The van der Waals surface area contributed by atoms with Gasteiger partial charge in [-0.2, -0.15) is 4.31 Å². The highest BCUT2D eigenvalue weighted by Crippen LogP contribution is 2.45. The van der Waals surface area contributed by atoms with E-state index in [-0.39, 0.29) is 18.2 Å². The Bertz CT molecular complexity index is 539. The Kier molecular flexibility index (Phi) is 4.30. The molecule has 1 saturated carbocycles. The summed E-state index contributed by atoms with van der Waals surface area (Å²) in [7, 11) is -3.37. The van der Waals surface area contributed by atoms with Gasteiger partial charge in [0.1, 0.15) is 6.04 Å². The summed E-state index contributed by atoms with van der Waals surface area (Å²) in [5.74, 6) is -1.40. The lowest BCUT2D eigenvalue weighted by molar-refractivity contribution is -0.143. The largest absolute Gasteiger partial charge is 0.481 e. The van der Waals surface area contributed by atoms with Gasteiger partial charge in [0.2, 0.25) is 15.9 Å². The normalized spacial score (nSPS) is 24.7. The summed E-state index contributed by atoms with van der Waals surface area (Å²) in [5, 5.41) is 11.7. The minimum absolute atomic E-state index is 0.0677. The molecule has 1 aliphatic heterocycles. The maximum absolute atomic E-state index is 12.3. The third-order valence-corrected chi connectivity index (χ3v) is 6.19. The summed E-state index contributed by atoms with van der Waals surface area (Å²) in [6, 6.07) is -0.762. The first-order valence-corrected chi connectivity index (χ1v) is 8.81. The van der Waals surface area contributed by atoms with Gasteiger partial charge in [-0.3, -0.25) is 9.59 Å². The predicted molar refractivity (Wildman–Crippen MR) is 76.0 cm³/mol. The van der Waals surface area contributed by atoms with E-state index >= 15 is 0 Å². The van der Waals surface area contributed by atoms with Crippen molar-refractivity contribution in [3.05, 3.63) is 0 Å². The minimum atomic E-state index is -3.37. The van der Waals surface area contributed by atoms with E-state index in [4.69, 9.17) is 5.11 Å². The topological polar surface area (TPSA) is 104 Å². The first kappa shape index (κ1) is 16.2. The lowest BCUT2D eigenvalue weighted by Crippen LogP contribution is -2.51. The van der Waals surface area contributed by atoms with Gasteiger partial charge in [0.05, 0.1) is 11.2 Å². The fourth-order valence-electron chi connectivity index (χ4n) is 2.72. The van der Waals surface area contributed by atoms with Gasteiger partial charge in [0.25, 0.3) is 0 Å². The molecule has 0 aromatic rings. The maximum atomic E-state index is 12.3. The van der Waals surface area contributed by atoms with Crippen molar-refractivity contribution < 1.29 is 23.1 Å². The van der Waals surface area contributed by atoms with Crippen LogP contribution in [0.3, 0.4) is 0 Å². The number of nitrogens with one attached hydrogen (secondary N) is 1. The number of carboxylic acids is 1. The number of carboxylic acid groups (broad SMARTS) is 1. The number of carbonyl (C=O) groups is 2. The van der Waals surface area contributed by atoms with Crippen molar-refractivity contribution in [2.75, 3.05) is 18.8 Å². The lowest BCUT2D eigenvalue weighted by atomic mass is 10.0. The predicted octanol–water partition coefficient (Wildman–Crippen LogP) is 0.0275. The number of amides is 1. The Hall–Kier alpha value is -1.15. The van der Waals surface area contributed by atoms with E-state index in [2.05, 4.69) is 5.32 Å². The summed E-state index contributed by atoms with van der Waals surface area (Å²) >= 11 is 0. The zero-order valence-electron chi connectivity index (χ0n) is 12.3. The average Bonchev–Trinajstić information content (AvgIpc) is 3.08. The van der Waals surface area contributed by atoms with Crippen LogP contribution in [0.1, 0.15) is 33.1 Å². The third-order valence-electron chi connectivity index (χ3n) is 4.26. The Labute approximate surface area is 124 Å². The zero-order valence-corrected chi connectivity index (χ0v) is 13.1. The van der Waals surface area contributed by atoms with Crippen LogP contribution in [0.25, 0.3) is 0 Å². The van der Waals surface area contributed by atoms with E-state index < -0.39 is 33.4 Å². The van der Waals surface area contributed by atoms with Crippen LogP contribution in [0.15, 0.2) is 0 Å². The monoisotopic (exact) mass is 318 g/mol. The molecular weight excluding hydrogens is 296 g/mol. The van der Waals surface area contributed by atoms with Gasteiger partial charge in [-0.1, -0.05) is 13.8 Å². The van der Waals surface area contributed by atoms with Crippen LogP contribution in [0.4, 0.5) is 0 Å². The van der Waals surface area contributed by atoms with Gasteiger partial charge in [-0.05, 0) is 25.2 Å². The van der Waals surface area contributed by atoms with Crippen molar-refractivity contribution in [3.8, 4) is 0 Å². The molecule has 2 N–H and O–H groups in total. The van der Waals surface area contributed by atoms with Crippen molar-refractivity contribution in [3.63, 3.8) is 0 Å². The average molecular weight is 318 g/mol. The van der Waals surface area contributed by atoms with E-state index in [1.807, 2.05) is 0 Å². The lowest BCUT2D eigenvalue weighted by Gasteiger charge is -2.29. The first-order valence-electron chi connectivity index (χ1n) is 7.20. The van der Waals surface area contributed by atoms with E-state index in [0.29, 0.717) is 25.8 Å². The van der Waals surface area contributed by atoms with Crippen molar-refractivity contribution >= 4 is 21.9 Å². The number of hydrogen-bond donors (Lipinski definition) is 2. The van der Waals surface area contributed by atoms with Crippen LogP contribution < -0.4 is 5.32 Å². The summed E-state index contributed by atoms with van der Waals surface area (Å²) in [6.07, 6.45) is 1.63. The fraction of sp³-hybridized carbons (Fsp3) is 0.846. The van der Waals surface area contributed by atoms with E-state index in [9.17, 15) is 18.0 Å². The van der Waals surface area contributed by atoms with E-state index in [1.165, 1.54) is 4.31 Å². The third kappa shape index (κ3) is 3.21. The quantitative estimate of drug-likeness (QED) is 0.719. The molecule has 1 aliphatic carbocycles. The van der Waals surface area contributed by atoms with Crippen molar-refractivity contribution in [2.45, 2.75) is 39.2 Å². The van der Waals surface area contributed by atoms with Crippen LogP contribution in [0.5, 0.6) is 0 Å². The Morgan fingerprint density at radius 1 is 1.33 bits per heavy atom. The van der Waals surface area contributed by atoms with Crippen LogP contribution in [0.2, 0.25) is 0 Å². The molecule has 1 unspecified atom stereocenters. The van der Waals surface area contributed by atoms with Crippen LogP contribution in [-0.4, -0.2) is 54.6 Å². The molecule has 0 aromatic heterocycles. The molecule has 0 spiro atoms. The van der Waals surface area contributed by atoms with Gasteiger partial charge in [-0.15, -0.1) is 0 Å². The molecule has 0 aromatic carbocycles. The highest BCUT2D eigenvalue weighted by atomic mass is 32.2. The summed E-state index contributed by atoms with van der Waals surface area (Å²) in [5.41, 5.74) is -0.846. The number of nitrogens with zero attached hydrogens (tertiary/aromatic N) is 1. The Balaban J connectivity index is 2.05. The second-order valence-corrected chi connectivity index (χ2v) is 8.31. The van der Waals surface area contributed by atoms with E-state index in [1.54, 1.807) is 13.8 Å². The molecule has 0 radical (unpaired) electrons. The number of aliphatic carboxylic acids is 1. The highest BCUT2D eigenvalue weighted by molar-refractivity contribution is 7.89. The molecule has 1 heterocycles. The molecule has 2 fully saturated rings. The molecule has 1 amide bonds. The van der Waals surface area contributed by atoms with Crippen LogP contribution in [0, 0.1) is 11.3 Å². The molecule has 2 rings (SSSR count). The standard InChI is InChI=1S/C13H22N2O5S/c1-9(2)10(15-6-3-7-21(15,19)20)11(16)14-8-13(4-5-13)12(17)18/h9-10H,3-8H2,1-2H3,(H,14,16)(H,17,18). The fourth-order valence-corrected chi connectivity index (χ4v) is 4.54. The molecule has 1 atom stereocenters. The van der Waals surface area contributed by atoms with Crippen LogP contribution in [-0.2, 0) is 19.6 Å². The highest BCUT2D eigenvalue weighted by Gasteiger charge is 2.51. The molecule has 1 saturated heterocycles. The van der Waals surface area contributed by atoms with Crippen LogP contribution >= 0.6 is 0 Å². The summed E-state index contributed by atoms with van der Waals surface area (Å²) in [4.78, 5) is 23.4. The SMILES string of the molecule is CC(C)C(C(=O)NCC1(C(=O)O)CC1)N1CCCS1(=O)=O. The maximum Gasteiger partial charge on any atom is 0.311 e. The Morgan fingerprint density at radius 2 is 1.95 bits per heavy atom. The number of hydrogen-bond acceptors (Lipinski definition) is 4. The van der Waals surface area contributed by atoms with Gasteiger partial charge in [-0.25, -0.2) is 8.42 Å². The van der Waals surface area contributed by atoms with Gasteiger partial charge in [0, 0.05) is 13.1 Å². The van der Waals surface area contributed by atoms with Crippen molar-refractivity contribution in [1.29, 1.82) is 0 Å². The van der Waals surface area contributed by atoms with Gasteiger partial charge < -0.3 is 10.4 Å². The number of rotatable bonds is 6. The van der Waals surface area contributed by atoms with Crippen molar-refractivity contribution in [1.82, 2.24) is 9.62 Å². The number of sulfonamides is 1. The summed E-state index contributed by atoms with van der Waals surface area (Å²) in [6.45, 7) is 4.01. The molecule has 7 nitrogen and oxygen atoms in total. The minimum Gasteiger partial charge on any atom is -0.481 e. The second-order valence-electron chi connectivity index (χ2n) is 6.27. The molecule has 2 aliphatic rings. The first-order chi connectivity index (χ1) is 9.69. The summed E-state index contributed by atoms with van der Waals surface area (Å²) < 4.78 is 25.2. The van der Waals surface area contributed by atoms with Gasteiger partial charge >= 0.3 is 5.97 Å². The van der Waals surface area contributed by atoms with Crippen molar-refractivity contribution in [2.24, 2.45) is 11.3 Å². The van der Waals surface area contributed by atoms with E-state index in [0.717, 1.165) is 0 Å². The number of carbonyl (C=O) groups excluding carboxylic acids is 1. The molecule has 0 bridgehead atoms. The van der Waals surface area contributed by atoms with Gasteiger partial charge in [0.15, 0.2) is 0 Å². The second kappa shape index (κ2) is 5.57. The zero-order chi connectivity index (χ0) is 15.8.